The van der Waals surface area contributed by atoms with E-state index >= 15 is 0 Å². The summed E-state index contributed by atoms with van der Waals surface area (Å²) in [5.41, 5.74) is 3.11. The summed E-state index contributed by atoms with van der Waals surface area (Å²) in [4.78, 5) is 17.5. The van der Waals surface area contributed by atoms with E-state index in [0.29, 0.717) is 24.1 Å². The number of amides is 1. The zero-order valence-electron chi connectivity index (χ0n) is 16.0. The molecule has 1 amide bonds. The molecule has 0 N–H and O–H groups in total. The third kappa shape index (κ3) is 3.38. The van der Waals surface area contributed by atoms with Gasteiger partial charge in [-0.1, -0.05) is 6.08 Å². The fourth-order valence-corrected chi connectivity index (χ4v) is 3.08. The SMILES string of the molecule is C=CCCOc1cc(-n2nc(C(=O)N(C)OC)cc2C2CC2)cc2ccnn12. The van der Waals surface area contributed by atoms with Gasteiger partial charge in [-0.15, -0.1) is 6.58 Å². The molecule has 0 unspecified atom stereocenters. The lowest BCUT2D eigenvalue weighted by Crippen LogP contribution is -2.25. The molecule has 3 aromatic heterocycles. The van der Waals surface area contributed by atoms with Crippen LogP contribution in [0.3, 0.4) is 0 Å². The Balaban J connectivity index is 1.77. The molecule has 8 heteroatoms. The predicted molar refractivity (Wildman–Crippen MR) is 104 cm³/mol. The second kappa shape index (κ2) is 7.47. The molecule has 4 rings (SSSR count). The normalized spacial score (nSPS) is 13.6. The van der Waals surface area contributed by atoms with Crippen LogP contribution in [0.15, 0.2) is 43.1 Å². The minimum absolute atomic E-state index is 0.281. The molecule has 0 radical (unpaired) electrons. The van der Waals surface area contributed by atoms with Gasteiger partial charge in [0.15, 0.2) is 5.69 Å². The van der Waals surface area contributed by atoms with Crippen LogP contribution in [0.25, 0.3) is 11.2 Å². The Hall–Kier alpha value is -3.13. The minimum Gasteiger partial charge on any atom is -0.477 e. The van der Waals surface area contributed by atoms with E-state index in [0.717, 1.165) is 36.2 Å². The van der Waals surface area contributed by atoms with Crippen molar-refractivity contribution in [2.45, 2.75) is 25.2 Å². The summed E-state index contributed by atoms with van der Waals surface area (Å²) in [5, 5.41) is 10.1. The largest absolute Gasteiger partial charge is 0.477 e. The topological polar surface area (TPSA) is 73.9 Å². The smallest absolute Gasteiger partial charge is 0.297 e. The number of carbonyl (C=O) groups excluding carboxylic acids is 1. The summed E-state index contributed by atoms with van der Waals surface area (Å²) < 4.78 is 9.48. The van der Waals surface area contributed by atoms with Gasteiger partial charge >= 0.3 is 0 Å². The maximum absolute atomic E-state index is 12.5. The van der Waals surface area contributed by atoms with E-state index in [1.165, 1.54) is 12.2 Å². The zero-order valence-corrected chi connectivity index (χ0v) is 16.0. The molecule has 0 bridgehead atoms. The van der Waals surface area contributed by atoms with Crippen LogP contribution in [0.1, 0.15) is 41.4 Å². The third-order valence-corrected chi connectivity index (χ3v) is 4.78. The van der Waals surface area contributed by atoms with Crippen LogP contribution in [0.4, 0.5) is 0 Å². The van der Waals surface area contributed by atoms with Crippen molar-refractivity contribution in [1.29, 1.82) is 0 Å². The predicted octanol–water partition coefficient (Wildman–Crippen LogP) is 2.99. The Bertz CT molecular complexity index is 1020. The van der Waals surface area contributed by atoms with E-state index in [-0.39, 0.29) is 5.91 Å². The Morgan fingerprint density at radius 1 is 1.39 bits per heavy atom. The first-order valence-electron chi connectivity index (χ1n) is 9.26. The van der Waals surface area contributed by atoms with Gasteiger partial charge in [0, 0.05) is 24.7 Å². The summed E-state index contributed by atoms with van der Waals surface area (Å²) in [7, 11) is 3.03. The highest BCUT2D eigenvalue weighted by Crippen LogP contribution is 2.41. The van der Waals surface area contributed by atoms with Gasteiger partial charge in [0.05, 0.1) is 31.1 Å². The number of hydrogen-bond donors (Lipinski definition) is 0. The summed E-state index contributed by atoms with van der Waals surface area (Å²) in [6.45, 7) is 4.24. The Morgan fingerprint density at radius 2 is 2.21 bits per heavy atom. The van der Waals surface area contributed by atoms with Gasteiger partial charge in [-0.25, -0.2) is 14.3 Å². The standard InChI is InChI=1S/C20H23N5O3/c1-4-5-10-28-19-12-16(11-15-8-9-21-25(15)19)24-18(14-6-7-14)13-17(22-24)20(26)23(2)27-3/h4,8-9,11-14H,1,5-7,10H2,2-3H3. The molecule has 3 heterocycles. The average Bonchev–Trinajstić information content (AvgIpc) is 3.27. The second-order valence-electron chi connectivity index (χ2n) is 6.77. The molecule has 0 spiro atoms. The maximum Gasteiger partial charge on any atom is 0.297 e. The lowest BCUT2D eigenvalue weighted by Gasteiger charge is -2.12. The zero-order chi connectivity index (χ0) is 19.7. The molecule has 0 aliphatic heterocycles. The summed E-state index contributed by atoms with van der Waals surface area (Å²) in [6.07, 6.45) is 6.47. The van der Waals surface area contributed by atoms with Gasteiger partial charge < -0.3 is 4.74 Å². The minimum atomic E-state index is -0.281. The number of rotatable bonds is 8. The van der Waals surface area contributed by atoms with Crippen molar-refractivity contribution in [3.8, 4) is 11.6 Å². The molecular weight excluding hydrogens is 358 g/mol. The summed E-state index contributed by atoms with van der Waals surface area (Å²) in [6, 6.07) is 7.65. The molecule has 0 aromatic carbocycles. The van der Waals surface area contributed by atoms with Crippen LogP contribution in [-0.2, 0) is 4.84 Å². The quantitative estimate of drug-likeness (QED) is 0.341. The Labute approximate surface area is 162 Å². The molecule has 0 saturated heterocycles. The number of aromatic nitrogens is 4. The van der Waals surface area contributed by atoms with Crippen LogP contribution in [0, 0.1) is 0 Å². The van der Waals surface area contributed by atoms with Gasteiger partial charge in [0.1, 0.15) is 0 Å². The molecule has 28 heavy (non-hydrogen) atoms. The molecule has 1 aliphatic rings. The molecule has 8 nitrogen and oxygen atoms in total. The third-order valence-electron chi connectivity index (χ3n) is 4.78. The monoisotopic (exact) mass is 381 g/mol. The van der Waals surface area contributed by atoms with Crippen molar-refractivity contribution in [3.05, 3.63) is 54.5 Å². The molecule has 1 aliphatic carbocycles. The average molecular weight is 381 g/mol. The first kappa shape index (κ1) is 18.2. The molecule has 0 atom stereocenters. The number of hydroxylamine groups is 2. The van der Waals surface area contributed by atoms with Crippen molar-refractivity contribution in [1.82, 2.24) is 24.5 Å². The van der Waals surface area contributed by atoms with Gasteiger partial charge in [-0.2, -0.15) is 10.2 Å². The Morgan fingerprint density at radius 3 is 2.93 bits per heavy atom. The van der Waals surface area contributed by atoms with Crippen molar-refractivity contribution in [2.75, 3.05) is 20.8 Å². The maximum atomic E-state index is 12.5. The number of pyridine rings is 1. The van der Waals surface area contributed by atoms with Crippen LogP contribution < -0.4 is 4.74 Å². The number of fused-ring (bicyclic) bond motifs is 1. The van der Waals surface area contributed by atoms with E-state index in [1.54, 1.807) is 17.8 Å². The van der Waals surface area contributed by atoms with E-state index in [9.17, 15) is 4.79 Å². The van der Waals surface area contributed by atoms with Crippen molar-refractivity contribution >= 4 is 11.4 Å². The van der Waals surface area contributed by atoms with Gasteiger partial charge in [0.2, 0.25) is 5.88 Å². The molecule has 1 fully saturated rings. The molecule has 146 valence electrons. The lowest BCUT2D eigenvalue weighted by atomic mass is 10.2. The van der Waals surface area contributed by atoms with Crippen LogP contribution in [-0.4, -0.2) is 51.1 Å². The Kier molecular flexibility index (Phi) is 4.87. The first-order valence-corrected chi connectivity index (χ1v) is 9.26. The van der Waals surface area contributed by atoms with E-state index in [2.05, 4.69) is 16.8 Å². The highest BCUT2D eigenvalue weighted by atomic mass is 16.7. The van der Waals surface area contributed by atoms with Gasteiger partial charge in [0.25, 0.3) is 5.91 Å². The number of hydrogen-bond acceptors (Lipinski definition) is 5. The van der Waals surface area contributed by atoms with E-state index < -0.39 is 0 Å². The molecular formula is C20H23N5O3. The van der Waals surface area contributed by atoms with Gasteiger partial charge in [-0.05, 0) is 37.5 Å². The fourth-order valence-electron chi connectivity index (χ4n) is 3.08. The number of nitrogens with zero attached hydrogens (tertiary/aromatic N) is 5. The lowest BCUT2D eigenvalue weighted by molar-refractivity contribution is -0.0760. The van der Waals surface area contributed by atoms with Crippen LogP contribution in [0.2, 0.25) is 0 Å². The first-order chi connectivity index (χ1) is 13.6. The van der Waals surface area contributed by atoms with E-state index in [1.807, 2.05) is 35.0 Å². The van der Waals surface area contributed by atoms with Gasteiger partial charge in [-0.3, -0.25) is 9.63 Å². The molecule has 3 aromatic rings. The summed E-state index contributed by atoms with van der Waals surface area (Å²) in [5.74, 6) is 0.752. The highest BCUT2D eigenvalue weighted by Gasteiger charge is 2.30. The number of ether oxygens (including phenoxy) is 1. The summed E-state index contributed by atoms with van der Waals surface area (Å²) >= 11 is 0. The van der Waals surface area contributed by atoms with Crippen molar-refractivity contribution in [2.24, 2.45) is 0 Å². The fraction of sp³-hybridized carbons (Fsp3) is 0.350. The van der Waals surface area contributed by atoms with Crippen molar-refractivity contribution < 1.29 is 14.4 Å². The highest BCUT2D eigenvalue weighted by molar-refractivity contribution is 5.91. The van der Waals surface area contributed by atoms with Crippen LogP contribution in [0.5, 0.6) is 5.88 Å². The van der Waals surface area contributed by atoms with E-state index in [4.69, 9.17) is 9.57 Å². The van der Waals surface area contributed by atoms with Crippen molar-refractivity contribution in [3.63, 3.8) is 0 Å². The second-order valence-corrected chi connectivity index (χ2v) is 6.77. The molecule has 1 saturated carbocycles. The number of carbonyl (C=O) groups is 1. The van der Waals surface area contributed by atoms with Crippen LogP contribution >= 0.6 is 0 Å².